The molecular formula is C26H30BN3O2. The Morgan fingerprint density at radius 2 is 1.84 bits per heavy atom. The zero-order chi connectivity index (χ0) is 22.2. The first-order chi connectivity index (χ1) is 15.5. The number of amides is 1. The molecule has 0 aliphatic carbocycles. The maximum absolute atomic E-state index is 12.6. The predicted molar refractivity (Wildman–Crippen MR) is 132 cm³/mol. The number of benzene rings is 2. The van der Waals surface area contributed by atoms with Crippen LogP contribution in [0, 0.1) is 0 Å². The van der Waals surface area contributed by atoms with Gasteiger partial charge in [0, 0.05) is 54.0 Å². The maximum atomic E-state index is 12.6. The van der Waals surface area contributed by atoms with Gasteiger partial charge in [-0.1, -0.05) is 41.9 Å². The van der Waals surface area contributed by atoms with Crippen LogP contribution in [-0.4, -0.2) is 54.7 Å². The van der Waals surface area contributed by atoms with E-state index in [0.717, 1.165) is 62.1 Å². The molecule has 5 rings (SSSR count). The average molecular weight is 427 g/mol. The van der Waals surface area contributed by atoms with Gasteiger partial charge in [0.15, 0.2) is 5.78 Å². The fraction of sp³-hybridized carbons (Fsp3) is 0.385. The van der Waals surface area contributed by atoms with Crippen LogP contribution in [0.5, 0.6) is 0 Å². The van der Waals surface area contributed by atoms with Crippen molar-refractivity contribution in [1.82, 2.24) is 9.47 Å². The van der Waals surface area contributed by atoms with Gasteiger partial charge in [-0.15, -0.1) is 0 Å². The van der Waals surface area contributed by atoms with Gasteiger partial charge >= 0.3 is 0 Å². The van der Waals surface area contributed by atoms with Crippen molar-refractivity contribution >= 4 is 41.6 Å². The minimum absolute atomic E-state index is 0.124. The smallest absolute Gasteiger partial charge is 0.231 e. The van der Waals surface area contributed by atoms with E-state index >= 15 is 0 Å². The summed E-state index contributed by atoms with van der Waals surface area (Å²) in [6.45, 7) is 5.65. The number of carbonyl (C=O) groups excluding carboxylic acids is 2. The first kappa shape index (κ1) is 21.0. The third-order valence-electron chi connectivity index (χ3n) is 7.14. The SMILES string of the molecule is Bc1cccc2c(C(C)=O)cn(CCCN3CCC(N4C(=O)Cc5ccccc54)CC3)c12. The molecule has 6 heteroatoms. The molecule has 3 aromatic rings. The second-order valence-corrected chi connectivity index (χ2v) is 9.26. The fourth-order valence-electron chi connectivity index (χ4n) is 5.55. The summed E-state index contributed by atoms with van der Waals surface area (Å²) < 4.78 is 2.26. The summed E-state index contributed by atoms with van der Waals surface area (Å²) in [5, 5.41) is 1.06. The van der Waals surface area contributed by atoms with Crippen LogP contribution in [0.25, 0.3) is 10.9 Å². The van der Waals surface area contributed by atoms with Crippen LogP contribution < -0.4 is 10.4 Å². The van der Waals surface area contributed by atoms with E-state index in [1.807, 2.05) is 24.4 Å². The number of Topliss-reactive ketones (excluding diaryl/α,β-unsaturated/α-hetero) is 1. The van der Waals surface area contributed by atoms with Gasteiger partial charge < -0.3 is 14.4 Å². The predicted octanol–water partition coefficient (Wildman–Crippen LogP) is 2.55. The lowest BCUT2D eigenvalue weighted by Crippen LogP contribution is -2.46. The monoisotopic (exact) mass is 427 g/mol. The molecule has 1 fully saturated rings. The van der Waals surface area contributed by atoms with E-state index in [4.69, 9.17) is 0 Å². The Morgan fingerprint density at radius 1 is 1.06 bits per heavy atom. The largest absolute Gasteiger partial charge is 0.347 e. The summed E-state index contributed by atoms with van der Waals surface area (Å²) in [6.07, 6.45) is 5.68. The zero-order valence-corrected chi connectivity index (χ0v) is 19.0. The topological polar surface area (TPSA) is 45.6 Å². The molecule has 2 aromatic carbocycles. The first-order valence-corrected chi connectivity index (χ1v) is 11.7. The van der Waals surface area contributed by atoms with Crippen LogP contribution in [0.4, 0.5) is 5.69 Å². The molecule has 1 amide bonds. The van der Waals surface area contributed by atoms with Gasteiger partial charge in [-0.25, -0.2) is 0 Å². The van der Waals surface area contributed by atoms with E-state index in [0.29, 0.717) is 12.5 Å². The van der Waals surface area contributed by atoms with Crippen LogP contribution in [0.1, 0.15) is 42.1 Å². The van der Waals surface area contributed by atoms with Crippen molar-refractivity contribution in [2.75, 3.05) is 24.5 Å². The molecule has 32 heavy (non-hydrogen) atoms. The van der Waals surface area contributed by atoms with Gasteiger partial charge in [-0.3, -0.25) is 9.59 Å². The first-order valence-electron chi connectivity index (χ1n) is 11.7. The number of hydrogen-bond acceptors (Lipinski definition) is 3. The number of aromatic nitrogens is 1. The van der Waals surface area contributed by atoms with Gasteiger partial charge in [-0.2, -0.15) is 0 Å². The summed E-state index contributed by atoms with van der Waals surface area (Å²) in [5.74, 6) is 0.375. The van der Waals surface area contributed by atoms with Crippen molar-refractivity contribution in [1.29, 1.82) is 0 Å². The lowest BCUT2D eigenvalue weighted by atomic mass is 9.93. The summed E-state index contributed by atoms with van der Waals surface area (Å²) in [4.78, 5) is 29.3. The highest BCUT2D eigenvalue weighted by molar-refractivity contribution is 6.38. The third-order valence-corrected chi connectivity index (χ3v) is 7.14. The fourth-order valence-corrected chi connectivity index (χ4v) is 5.55. The number of piperidine rings is 1. The Hall–Kier alpha value is -2.86. The number of nitrogens with zero attached hydrogens (tertiary/aromatic N) is 3. The third kappa shape index (κ3) is 3.77. The standard InChI is InChI=1S/C26H30BN3O2/c1-18(31)22-17-29(26-21(22)7-4-8-23(26)27)13-5-12-28-14-10-20(11-15-28)30-24-9-3-2-6-19(24)16-25(30)32/h2-4,6-9,17,20H,5,10-16,27H2,1H3. The quantitative estimate of drug-likeness (QED) is 0.449. The number of carbonyl (C=O) groups is 2. The molecular weight excluding hydrogens is 397 g/mol. The van der Waals surface area contributed by atoms with Gasteiger partial charge in [-0.05, 0) is 44.4 Å². The normalized spacial score (nSPS) is 17.3. The molecule has 0 bridgehead atoms. The minimum Gasteiger partial charge on any atom is -0.347 e. The van der Waals surface area contributed by atoms with Crippen molar-refractivity contribution in [2.45, 2.75) is 45.2 Å². The van der Waals surface area contributed by atoms with E-state index in [2.05, 4.69) is 46.5 Å². The molecule has 1 aromatic heterocycles. The number of fused-ring (bicyclic) bond motifs is 2. The molecule has 5 nitrogen and oxygen atoms in total. The molecule has 0 unspecified atom stereocenters. The number of ketones is 1. The van der Waals surface area contributed by atoms with Crippen molar-refractivity contribution in [3.05, 3.63) is 59.8 Å². The molecule has 3 heterocycles. The summed E-state index contributed by atoms with van der Waals surface area (Å²) in [6, 6.07) is 14.7. The second kappa shape index (κ2) is 8.59. The van der Waals surface area contributed by atoms with E-state index in [9.17, 15) is 9.59 Å². The lowest BCUT2D eigenvalue weighted by molar-refractivity contribution is -0.118. The van der Waals surface area contributed by atoms with Crippen LogP contribution in [0.3, 0.4) is 0 Å². The van der Waals surface area contributed by atoms with E-state index in [1.54, 1.807) is 6.92 Å². The minimum atomic E-state index is 0.124. The van der Waals surface area contributed by atoms with Crippen LogP contribution in [0.2, 0.25) is 0 Å². The van der Waals surface area contributed by atoms with E-state index in [1.165, 1.54) is 16.5 Å². The highest BCUT2D eigenvalue weighted by Crippen LogP contribution is 2.33. The summed E-state index contributed by atoms with van der Waals surface area (Å²) in [7, 11) is 2.12. The molecule has 0 atom stereocenters. The molecule has 2 aliphatic heterocycles. The molecule has 1 saturated heterocycles. The lowest BCUT2D eigenvalue weighted by Gasteiger charge is -2.37. The number of para-hydroxylation sites is 2. The van der Waals surface area contributed by atoms with Crippen LogP contribution >= 0.6 is 0 Å². The summed E-state index contributed by atoms with van der Waals surface area (Å²) >= 11 is 0. The van der Waals surface area contributed by atoms with Gasteiger partial charge in [0.25, 0.3) is 0 Å². The van der Waals surface area contributed by atoms with Crippen molar-refractivity contribution in [3.8, 4) is 0 Å². The number of rotatable bonds is 6. The van der Waals surface area contributed by atoms with Crippen molar-refractivity contribution in [2.24, 2.45) is 0 Å². The van der Waals surface area contributed by atoms with Gasteiger partial charge in [0.1, 0.15) is 7.85 Å². The maximum Gasteiger partial charge on any atom is 0.231 e. The highest BCUT2D eigenvalue weighted by atomic mass is 16.2. The second-order valence-electron chi connectivity index (χ2n) is 9.26. The van der Waals surface area contributed by atoms with Crippen LogP contribution in [-0.2, 0) is 17.8 Å². The van der Waals surface area contributed by atoms with E-state index in [-0.39, 0.29) is 11.7 Å². The Kier molecular flexibility index (Phi) is 5.64. The average Bonchev–Trinajstić information content (AvgIpc) is 3.32. The van der Waals surface area contributed by atoms with Gasteiger partial charge in [0.05, 0.1) is 6.42 Å². The number of anilines is 1. The van der Waals surface area contributed by atoms with Gasteiger partial charge in [0.2, 0.25) is 5.91 Å². The van der Waals surface area contributed by atoms with Crippen LogP contribution in [0.15, 0.2) is 48.7 Å². The number of hydrogen-bond donors (Lipinski definition) is 0. The molecule has 0 N–H and O–H groups in total. The van der Waals surface area contributed by atoms with E-state index < -0.39 is 0 Å². The Morgan fingerprint density at radius 3 is 2.62 bits per heavy atom. The Labute approximate surface area is 190 Å². The number of aryl methyl sites for hydroxylation is 1. The Balaban J connectivity index is 1.19. The molecule has 0 spiro atoms. The van der Waals surface area contributed by atoms with Crippen molar-refractivity contribution < 1.29 is 9.59 Å². The highest BCUT2D eigenvalue weighted by Gasteiger charge is 2.34. The Bertz CT molecular complexity index is 1180. The summed E-state index contributed by atoms with van der Waals surface area (Å²) in [5.41, 5.74) is 5.50. The number of likely N-dealkylation sites (tertiary alicyclic amines) is 1. The molecule has 0 saturated carbocycles. The molecule has 0 radical (unpaired) electrons. The van der Waals surface area contributed by atoms with Crippen molar-refractivity contribution in [3.63, 3.8) is 0 Å². The zero-order valence-electron chi connectivity index (χ0n) is 19.0. The molecule has 2 aliphatic rings. The molecule has 164 valence electrons.